The number of fused-ring (bicyclic) bond motifs is 1. The third-order valence-electron chi connectivity index (χ3n) is 2.19. The monoisotopic (exact) mass is 232 g/mol. The molecule has 1 heterocycles. The Balaban J connectivity index is 2.75. The lowest BCUT2D eigenvalue weighted by Gasteiger charge is -2.12. The molecule has 0 saturated heterocycles. The fourth-order valence-electron chi connectivity index (χ4n) is 1.47. The van der Waals surface area contributed by atoms with Gasteiger partial charge in [0.25, 0.3) is 5.78 Å². The van der Waals surface area contributed by atoms with Crippen LogP contribution in [0.15, 0.2) is 18.2 Å². The van der Waals surface area contributed by atoms with E-state index in [1.54, 1.807) is 0 Å². The van der Waals surface area contributed by atoms with Gasteiger partial charge in [-0.15, -0.1) is 0 Å². The zero-order valence-corrected chi connectivity index (χ0v) is 8.21. The molecule has 0 aromatic heterocycles. The van der Waals surface area contributed by atoms with Crippen molar-refractivity contribution in [2.45, 2.75) is 0 Å². The van der Waals surface area contributed by atoms with Gasteiger partial charge in [-0.2, -0.15) is 4.79 Å². The van der Waals surface area contributed by atoms with Crippen molar-refractivity contribution < 1.29 is 29.0 Å². The predicted molar refractivity (Wildman–Crippen MR) is 52.0 cm³/mol. The number of benzene rings is 1. The summed E-state index contributed by atoms with van der Waals surface area (Å²) in [4.78, 5) is 36.3. The van der Waals surface area contributed by atoms with Crippen molar-refractivity contribution in [1.82, 2.24) is 0 Å². The van der Waals surface area contributed by atoms with Crippen LogP contribution in [0.5, 0.6) is 5.75 Å². The molecule has 84 valence electrons. The van der Waals surface area contributed by atoms with Crippen molar-refractivity contribution in [3.05, 3.63) is 34.9 Å². The fraction of sp³-hybridized carbons (Fsp3) is 0. The van der Waals surface area contributed by atoms with E-state index in [-0.39, 0.29) is 16.9 Å². The molecule has 0 bridgehead atoms. The van der Waals surface area contributed by atoms with Gasteiger partial charge in [-0.05, 0) is 12.1 Å². The Bertz CT molecular complexity index is 613. The second-order valence-corrected chi connectivity index (χ2v) is 3.15. The average molecular weight is 232 g/mol. The smallest absolute Gasteiger partial charge is 0.447 e. The number of Topliss-reactive ketones (excluding diaryl/α,β-unsaturated/α-hetero) is 1. The quantitative estimate of drug-likeness (QED) is 0.320. The number of carbonyl (C=O) groups excluding carboxylic acids is 2. The number of ketones is 1. The lowest BCUT2D eigenvalue weighted by Crippen LogP contribution is -2.35. The third-order valence-corrected chi connectivity index (χ3v) is 2.19. The predicted octanol–water partition coefficient (Wildman–Crippen LogP) is 0.157. The second-order valence-electron chi connectivity index (χ2n) is 3.15. The van der Waals surface area contributed by atoms with Gasteiger partial charge in [0.2, 0.25) is 0 Å². The van der Waals surface area contributed by atoms with Crippen LogP contribution in [0.4, 0.5) is 0 Å². The molecule has 0 amide bonds. The minimum absolute atomic E-state index is 0.160. The van der Waals surface area contributed by atoms with Crippen molar-refractivity contribution in [2.75, 3.05) is 0 Å². The second kappa shape index (κ2) is 3.66. The maximum absolute atomic E-state index is 11.7. The molecule has 0 saturated carbocycles. The van der Waals surface area contributed by atoms with Gasteiger partial charge < -0.3 is 15.4 Å². The molecule has 1 aromatic rings. The number of nitrogens with zero attached hydrogens (tertiary/aromatic N) is 2. The highest BCUT2D eigenvalue weighted by Crippen LogP contribution is 2.27. The van der Waals surface area contributed by atoms with E-state index in [2.05, 4.69) is 9.53 Å². The minimum atomic E-state index is -1.34. The number of carboxylic acids is 1. The lowest BCUT2D eigenvalue weighted by atomic mass is 9.97. The van der Waals surface area contributed by atoms with Crippen LogP contribution >= 0.6 is 0 Å². The summed E-state index contributed by atoms with van der Waals surface area (Å²) in [5, 5.41) is 8.89. The van der Waals surface area contributed by atoms with E-state index in [1.165, 1.54) is 18.2 Å². The summed E-state index contributed by atoms with van der Waals surface area (Å²) >= 11 is 0. The largest absolute Gasteiger partial charge is 0.478 e. The SMILES string of the molecule is [N-]=[N+]=C1C(=O)Oc2cccc(C(=O)O)c2C1=O. The van der Waals surface area contributed by atoms with Gasteiger partial charge in [0, 0.05) is 0 Å². The van der Waals surface area contributed by atoms with Crippen LogP contribution in [0.1, 0.15) is 20.7 Å². The van der Waals surface area contributed by atoms with Crippen LogP contribution in [0.3, 0.4) is 0 Å². The topological polar surface area (TPSA) is 117 Å². The summed E-state index contributed by atoms with van der Waals surface area (Å²) in [6, 6.07) is 3.81. The molecule has 7 heteroatoms. The van der Waals surface area contributed by atoms with Crippen LogP contribution in [-0.4, -0.2) is 33.3 Å². The van der Waals surface area contributed by atoms with Gasteiger partial charge >= 0.3 is 17.7 Å². The Morgan fingerprint density at radius 1 is 1.35 bits per heavy atom. The van der Waals surface area contributed by atoms with Crippen LogP contribution in [0.25, 0.3) is 5.53 Å². The molecule has 2 rings (SSSR count). The molecule has 0 spiro atoms. The van der Waals surface area contributed by atoms with Gasteiger partial charge in [-0.3, -0.25) is 4.79 Å². The van der Waals surface area contributed by atoms with Gasteiger partial charge in [0.05, 0.1) is 11.1 Å². The number of esters is 1. The van der Waals surface area contributed by atoms with Crippen molar-refractivity contribution in [1.29, 1.82) is 0 Å². The highest BCUT2D eigenvalue weighted by atomic mass is 16.5. The zero-order valence-electron chi connectivity index (χ0n) is 8.21. The Kier molecular flexibility index (Phi) is 2.31. The number of carboxylic acid groups (broad SMARTS) is 1. The Morgan fingerprint density at radius 3 is 2.65 bits per heavy atom. The first-order valence-corrected chi connectivity index (χ1v) is 4.41. The van der Waals surface area contributed by atoms with E-state index in [0.717, 1.165) is 0 Å². The summed E-state index contributed by atoms with van der Waals surface area (Å²) in [5.41, 5.74) is 7.05. The molecule has 1 aliphatic heterocycles. The highest BCUT2D eigenvalue weighted by Gasteiger charge is 2.42. The van der Waals surface area contributed by atoms with Crippen LogP contribution in [0, 0.1) is 0 Å². The van der Waals surface area contributed by atoms with E-state index in [1.807, 2.05) is 0 Å². The van der Waals surface area contributed by atoms with Gasteiger partial charge in [0.15, 0.2) is 0 Å². The first-order chi connectivity index (χ1) is 8.06. The van der Waals surface area contributed by atoms with E-state index >= 15 is 0 Å². The Labute approximate surface area is 93.9 Å². The maximum atomic E-state index is 11.7. The molecule has 17 heavy (non-hydrogen) atoms. The molecular formula is C10H4N2O5. The molecule has 0 aliphatic carbocycles. The molecule has 0 atom stereocenters. The lowest BCUT2D eigenvalue weighted by molar-refractivity contribution is -0.131. The number of hydrogen-bond donors (Lipinski definition) is 1. The molecule has 7 nitrogen and oxygen atoms in total. The number of rotatable bonds is 1. The first-order valence-electron chi connectivity index (χ1n) is 4.41. The summed E-state index contributed by atoms with van der Waals surface area (Å²) in [7, 11) is 0. The van der Waals surface area contributed by atoms with Crippen LogP contribution in [-0.2, 0) is 4.79 Å². The average Bonchev–Trinajstić information content (AvgIpc) is 2.28. The minimum Gasteiger partial charge on any atom is -0.478 e. The molecule has 0 radical (unpaired) electrons. The zero-order chi connectivity index (χ0) is 12.6. The maximum Gasteiger partial charge on any atom is 0.447 e. The Hall–Kier alpha value is -2.79. The summed E-state index contributed by atoms with van der Waals surface area (Å²) in [6.45, 7) is 0. The number of carbonyl (C=O) groups is 3. The highest BCUT2D eigenvalue weighted by molar-refractivity contribution is 6.67. The van der Waals surface area contributed by atoms with Gasteiger partial charge in [-0.1, -0.05) is 6.07 Å². The standard InChI is InChI=1S/C10H4N2O5/c11-12-7-8(13)6-4(9(14)15)2-1-3-5(6)17-10(7)16/h1-3H,(H,14,15). The van der Waals surface area contributed by atoms with Crippen LogP contribution in [0.2, 0.25) is 0 Å². The van der Waals surface area contributed by atoms with E-state index in [0.29, 0.717) is 0 Å². The first kappa shape index (κ1) is 10.7. The molecule has 1 aromatic carbocycles. The van der Waals surface area contributed by atoms with Crippen LogP contribution < -0.4 is 4.74 Å². The number of ether oxygens (including phenoxy) is 1. The molecule has 1 N–H and O–H groups in total. The van der Waals surface area contributed by atoms with Crippen molar-refractivity contribution in [3.8, 4) is 5.75 Å². The number of hydrogen-bond acceptors (Lipinski definition) is 4. The van der Waals surface area contributed by atoms with Crippen molar-refractivity contribution in [3.63, 3.8) is 0 Å². The summed E-state index contributed by atoms with van der Waals surface area (Å²) in [6.07, 6.45) is 0. The molecular weight excluding hydrogens is 228 g/mol. The van der Waals surface area contributed by atoms with Crippen molar-refractivity contribution >= 4 is 23.4 Å². The van der Waals surface area contributed by atoms with Gasteiger partial charge in [0.1, 0.15) is 5.75 Å². The molecule has 1 aliphatic rings. The molecule has 0 fully saturated rings. The fourth-order valence-corrected chi connectivity index (χ4v) is 1.47. The normalized spacial score (nSPS) is 13.8. The Morgan fingerprint density at radius 2 is 2.06 bits per heavy atom. The number of aromatic carboxylic acids is 1. The van der Waals surface area contributed by atoms with Crippen molar-refractivity contribution in [2.24, 2.45) is 0 Å². The van der Waals surface area contributed by atoms with Gasteiger partial charge in [-0.25, -0.2) is 9.59 Å². The van der Waals surface area contributed by atoms with E-state index in [4.69, 9.17) is 10.6 Å². The molecule has 0 unspecified atom stereocenters. The summed E-state index contributed by atoms with van der Waals surface area (Å²) < 4.78 is 4.68. The third kappa shape index (κ3) is 1.51. The summed E-state index contributed by atoms with van der Waals surface area (Å²) in [5.74, 6) is -3.60. The van der Waals surface area contributed by atoms with E-state index in [9.17, 15) is 14.4 Å². The van der Waals surface area contributed by atoms with E-state index < -0.39 is 23.4 Å².